The minimum atomic E-state index is -1.45. The van der Waals surface area contributed by atoms with Crippen molar-refractivity contribution in [3.8, 4) is 0 Å². The van der Waals surface area contributed by atoms with E-state index in [0.29, 0.717) is 19.3 Å². The Hall–Kier alpha value is -3.35. The molecule has 0 aromatic heterocycles. The van der Waals surface area contributed by atoms with Gasteiger partial charge in [0.15, 0.2) is 0 Å². The van der Waals surface area contributed by atoms with E-state index in [1.165, 1.54) is 4.90 Å². The Bertz CT molecular complexity index is 1120. The molecule has 0 unspecified atom stereocenters. The highest BCUT2D eigenvalue weighted by atomic mass is 28.3. The van der Waals surface area contributed by atoms with Crippen LogP contribution >= 0.6 is 0 Å². The summed E-state index contributed by atoms with van der Waals surface area (Å²) in [5.74, 6) is -1.90. The minimum Gasteiger partial charge on any atom is -0.464 e. The van der Waals surface area contributed by atoms with Crippen molar-refractivity contribution in [2.24, 2.45) is 5.92 Å². The number of likely N-dealkylation sites (tertiary alicyclic amines) is 1. The maximum Gasteiger partial charge on any atom is 0.407 e. The van der Waals surface area contributed by atoms with Crippen LogP contribution in [0.25, 0.3) is 0 Å². The zero-order valence-corrected chi connectivity index (χ0v) is 29.9. The number of hydrogen-bond acceptors (Lipinski definition) is 8. The van der Waals surface area contributed by atoms with E-state index >= 15 is 0 Å². The largest absolute Gasteiger partial charge is 0.464 e. The van der Waals surface area contributed by atoms with Gasteiger partial charge < -0.3 is 35.1 Å². The van der Waals surface area contributed by atoms with Crippen LogP contribution in [0.15, 0.2) is 25.3 Å². The van der Waals surface area contributed by atoms with E-state index in [2.05, 4.69) is 48.7 Å². The second kappa shape index (κ2) is 17.0. The number of carbonyl (C=O) groups excluding carboxylic acids is 5. The maximum atomic E-state index is 14.2. The van der Waals surface area contributed by atoms with Crippen molar-refractivity contribution < 1.29 is 38.2 Å². The number of nitrogens with one attached hydrogen (secondary N) is 3. The third-order valence-corrected chi connectivity index (χ3v) is 9.67. The maximum absolute atomic E-state index is 14.2. The topological polar surface area (TPSA) is 152 Å². The smallest absolute Gasteiger partial charge is 0.407 e. The average Bonchev–Trinajstić information content (AvgIpc) is 3.50. The van der Waals surface area contributed by atoms with Gasteiger partial charge in [-0.2, -0.15) is 0 Å². The highest BCUT2D eigenvalue weighted by Crippen LogP contribution is 2.45. The summed E-state index contributed by atoms with van der Waals surface area (Å²) in [5, 5.41) is 8.35. The Balaban J connectivity index is 2.31. The molecule has 2 aliphatic rings. The molecule has 4 amide bonds. The zero-order chi connectivity index (χ0) is 34.7. The normalized spacial score (nSPS) is 23.0. The number of amides is 4. The van der Waals surface area contributed by atoms with Crippen LogP contribution in [0.5, 0.6) is 0 Å². The number of esters is 1. The molecule has 0 aromatic carbocycles. The van der Waals surface area contributed by atoms with Gasteiger partial charge in [0, 0.05) is 20.5 Å². The first kappa shape index (κ1) is 38.8. The summed E-state index contributed by atoms with van der Waals surface area (Å²) in [6, 6.07) is -1.82. The first-order valence-electron chi connectivity index (χ1n) is 16.4. The summed E-state index contributed by atoms with van der Waals surface area (Å²) in [4.78, 5) is 67.7. The predicted octanol–water partition coefficient (Wildman–Crippen LogP) is 4.67. The van der Waals surface area contributed by atoms with Crippen LogP contribution in [0.2, 0.25) is 25.7 Å². The molecular formula is C33H56N4O8Si. The first-order valence-corrected chi connectivity index (χ1v) is 20.1. The number of hydrogen-bond donors (Lipinski definition) is 3. The van der Waals surface area contributed by atoms with Crippen LogP contribution in [0.4, 0.5) is 9.59 Å². The lowest BCUT2D eigenvalue weighted by Crippen LogP contribution is -2.56. The van der Waals surface area contributed by atoms with Gasteiger partial charge in [-0.1, -0.05) is 44.6 Å². The zero-order valence-electron chi connectivity index (χ0n) is 28.9. The van der Waals surface area contributed by atoms with Crippen LogP contribution in [-0.4, -0.2) is 92.0 Å². The van der Waals surface area contributed by atoms with E-state index in [0.717, 1.165) is 25.3 Å². The fourth-order valence-corrected chi connectivity index (χ4v) is 6.09. The Morgan fingerprint density at radius 3 is 2.30 bits per heavy atom. The van der Waals surface area contributed by atoms with Crippen molar-refractivity contribution in [1.82, 2.24) is 20.9 Å². The molecule has 46 heavy (non-hydrogen) atoms. The molecule has 12 nitrogen and oxygen atoms in total. The number of carbonyl (C=O) groups is 5. The van der Waals surface area contributed by atoms with Crippen molar-refractivity contribution in [3.05, 3.63) is 25.3 Å². The standard InChI is InChI=1S/C33H56N4O8Si/c1-10-13-14-15-16-17-25(35-30(41)44-18-19-46(7,8)9)28(39)37-22-24(34-31(42)45-32(4,5)6)20-26(37)27(38)36-33(21-23(33)11-2)29(40)43-12-3/h10-11,23-26H,1-2,12-22H2,3-9H3,(H,34,42)(H,35,41)(H,36,38)/t23-,24-,25+,26+,33-/m1/s1. The van der Waals surface area contributed by atoms with Crippen molar-refractivity contribution in [2.45, 2.75) is 128 Å². The summed E-state index contributed by atoms with van der Waals surface area (Å²) in [5.41, 5.74) is -2.01. The van der Waals surface area contributed by atoms with Gasteiger partial charge in [-0.25, -0.2) is 14.4 Å². The lowest BCUT2D eigenvalue weighted by molar-refractivity contribution is -0.150. The van der Waals surface area contributed by atoms with Gasteiger partial charge in [-0.3, -0.25) is 9.59 Å². The molecule has 260 valence electrons. The molecule has 1 saturated heterocycles. The Kier molecular flexibility index (Phi) is 14.3. The summed E-state index contributed by atoms with van der Waals surface area (Å²) < 4.78 is 16.1. The number of unbranched alkanes of at least 4 members (excludes halogenated alkanes) is 3. The Morgan fingerprint density at radius 2 is 1.74 bits per heavy atom. The quantitative estimate of drug-likeness (QED) is 0.0667. The summed E-state index contributed by atoms with van der Waals surface area (Å²) in [7, 11) is -1.45. The van der Waals surface area contributed by atoms with Crippen LogP contribution < -0.4 is 16.0 Å². The molecule has 1 aliphatic heterocycles. The van der Waals surface area contributed by atoms with Gasteiger partial charge in [-0.15, -0.1) is 13.2 Å². The van der Waals surface area contributed by atoms with E-state index in [-0.39, 0.29) is 32.1 Å². The van der Waals surface area contributed by atoms with Gasteiger partial charge in [0.1, 0.15) is 23.2 Å². The molecule has 13 heteroatoms. The van der Waals surface area contributed by atoms with Crippen molar-refractivity contribution in [1.29, 1.82) is 0 Å². The van der Waals surface area contributed by atoms with Gasteiger partial charge in [0.2, 0.25) is 11.8 Å². The van der Waals surface area contributed by atoms with E-state index in [1.807, 2.05) is 6.08 Å². The number of ether oxygens (including phenoxy) is 3. The Labute approximate surface area is 275 Å². The van der Waals surface area contributed by atoms with Crippen LogP contribution in [0.3, 0.4) is 0 Å². The first-order chi connectivity index (χ1) is 21.5. The lowest BCUT2D eigenvalue weighted by Gasteiger charge is -2.30. The highest BCUT2D eigenvalue weighted by molar-refractivity contribution is 6.76. The van der Waals surface area contributed by atoms with Crippen molar-refractivity contribution in [2.75, 3.05) is 19.8 Å². The van der Waals surface area contributed by atoms with Gasteiger partial charge in [0.05, 0.1) is 19.3 Å². The molecule has 1 aliphatic carbocycles. The van der Waals surface area contributed by atoms with Crippen LogP contribution in [-0.2, 0) is 28.6 Å². The van der Waals surface area contributed by atoms with Gasteiger partial charge in [0.25, 0.3) is 0 Å². The third-order valence-electron chi connectivity index (χ3n) is 7.97. The molecule has 1 saturated carbocycles. The van der Waals surface area contributed by atoms with Crippen LogP contribution in [0.1, 0.15) is 72.6 Å². The molecule has 2 fully saturated rings. The van der Waals surface area contributed by atoms with E-state index < -0.39 is 67.3 Å². The van der Waals surface area contributed by atoms with Gasteiger partial charge in [-0.05, 0) is 65.8 Å². The lowest BCUT2D eigenvalue weighted by atomic mass is 10.0. The summed E-state index contributed by atoms with van der Waals surface area (Å²) >= 11 is 0. The second-order valence-corrected chi connectivity index (χ2v) is 20.0. The summed E-state index contributed by atoms with van der Waals surface area (Å²) in [6.07, 6.45) is 6.01. The van der Waals surface area contributed by atoms with Crippen molar-refractivity contribution >= 4 is 38.0 Å². The number of allylic oxidation sites excluding steroid dienone is 1. The highest BCUT2D eigenvalue weighted by Gasteiger charge is 2.62. The molecular weight excluding hydrogens is 608 g/mol. The van der Waals surface area contributed by atoms with E-state index in [9.17, 15) is 24.0 Å². The molecule has 3 N–H and O–H groups in total. The molecule has 1 heterocycles. The van der Waals surface area contributed by atoms with Crippen LogP contribution in [0, 0.1) is 5.92 Å². The molecule has 5 atom stereocenters. The summed E-state index contributed by atoms with van der Waals surface area (Å²) in [6.45, 7) is 21.3. The monoisotopic (exact) mass is 664 g/mol. The average molecular weight is 665 g/mol. The van der Waals surface area contributed by atoms with E-state index in [4.69, 9.17) is 14.2 Å². The molecule has 0 spiro atoms. The van der Waals surface area contributed by atoms with Gasteiger partial charge >= 0.3 is 18.2 Å². The molecule has 2 rings (SSSR count). The molecule has 0 aromatic rings. The SMILES string of the molecule is C=CCCCCC[C@H](NC(=O)OCC[Si](C)(C)C)C(=O)N1C[C@H](NC(=O)OC(C)(C)C)C[C@H]1C(=O)N[C@]1(C(=O)OCC)C[C@H]1C=C. The minimum absolute atomic E-state index is 0.00672. The number of rotatable bonds is 17. The Morgan fingerprint density at radius 1 is 1.04 bits per heavy atom. The second-order valence-electron chi connectivity index (χ2n) is 14.4. The third kappa shape index (κ3) is 12.1. The number of nitrogens with zero attached hydrogens (tertiary/aromatic N) is 1. The fraction of sp³-hybridized carbons (Fsp3) is 0.727. The molecule has 0 bridgehead atoms. The van der Waals surface area contributed by atoms with Crippen molar-refractivity contribution in [3.63, 3.8) is 0 Å². The molecule has 0 radical (unpaired) electrons. The van der Waals surface area contributed by atoms with E-state index in [1.54, 1.807) is 33.8 Å². The predicted molar refractivity (Wildman–Crippen MR) is 179 cm³/mol. The number of alkyl carbamates (subject to hydrolysis) is 2. The fourth-order valence-electron chi connectivity index (χ4n) is 5.38.